The third-order valence-corrected chi connectivity index (χ3v) is 2.27. The van der Waals surface area contributed by atoms with Crippen LogP contribution in [-0.4, -0.2) is 15.0 Å². The standard InChI is InChI=1S/C9H6BrN3O.C2H6/c10-7-5-12-8(13-9(7)14)6-1-3-11-4-2-6;1-2/h1-5H,(H,12,13,14);1-2H3. The SMILES string of the molecule is CC.O=c1[nH]c(-c2ccncc2)ncc1Br. The molecule has 0 radical (unpaired) electrons. The molecule has 2 aromatic rings. The minimum absolute atomic E-state index is 0.188. The fraction of sp³-hybridized carbons (Fsp3) is 0.182. The van der Waals surface area contributed by atoms with Crippen molar-refractivity contribution in [1.29, 1.82) is 0 Å². The van der Waals surface area contributed by atoms with Crippen LogP contribution in [0.5, 0.6) is 0 Å². The average Bonchev–Trinajstić information content (AvgIpc) is 2.36. The van der Waals surface area contributed by atoms with Crippen LogP contribution in [0, 0.1) is 0 Å². The molecular formula is C11H12BrN3O. The molecule has 0 spiro atoms. The number of aromatic nitrogens is 3. The topological polar surface area (TPSA) is 58.6 Å². The van der Waals surface area contributed by atoms with Gasteiger partial charge in [-0.15, -0.1) is 0 Å². The molecule has 0 bridgehead atoms. The average molecular weight is 282 g/mol. The molecule has 5 heteroatoms. The Morgan fingerprint density at radius 1 is 1.25 bits per heavy atom. The molecule has 0 aliphatic carbocycles. The molecular weight excluding hydrogens is 270 g/mol. The van der Waals surface area contributed by atoms with Crippen LogP contribution in [0.2, 0.25) is 0 Å². The summed E-state index contributed by atoms with van der Waals surface area (Å²) in [6.45, 7) is 4.00. The lowest BCUT2D eigenvalue weighted by Gasteiger charge is -1.98. The first kappa shape index (κ1) is 12.6. The van der Waals surface area contributed by atoms with Gasteiger partial charge in [-0.3, -0.25) is 9.78 Å². The Labute approximate surface area is 102 Å². The summed E-state index contributed by atoms with van der Waals surface area (Å²) in [5, 5.41) is 0. The van der Waals surface area contributed by atoms with Crippen LogP contribution in [0.25, 0.3) is 11.4 Å². The number of rotatable bonds is 1. The van der Waals surface area contributed by atoms with E-state index < -0.39 is 0 Å². The highest BCUT2D eigenvalue weighted by molar-refractivity contribution is 9.10. The van der Waals surface area contributed by atoms with Gasteiger partial charge in [0.1, 0.15) is 10.3 Å². The van der Waals surface area contributed by atoms with Crippen molar-refractivity contribution < 1.29 is 0 Å². The summed E-state index contributed by atoms with van der Waals surface area (Å²) >= 11 is 3.08. The van der Waals surface area contributed by atoms with Crippen LogP contribution < -0.4 is 5.56 Å². The van der Waals surface area contributed by atoms with Gasteiger partial charge in [0, 0.05) is 24.2 Å². The lowest BCUT2D eigenvalue weighted by atomic mass is 10.2. The first-order valence-electron chi connectivity index (χ1n) is 4.92. The second-order valence-corrected chi connectivity index (χ2v) is 3.50. The summed E-state index contributed by atoms with van der Waals surface area (Å²) in [5.41, 5.74) is 0.649. The lowest BCUT2D eigenvalue weighted by Crippen LogP contribution is -2.08. The molecule has 0 aliphatic rings. The zero-order valence-corrected chi connectivity index (χ0v) is 10.7. The molecule has 1 N–H and O–H groups in total. The maximum Gasteiger partial charge on any atom is 0.265 e. The molecule has 0 aliphatic heterocycles. The summed E-state index contributed by atoms with van der Waals surface area (Å²) in [7, 11) is 0. The van der Waals surface area contributed by atoms with Crippen molar-refractivity contribution in [3.8, 4) is 11.4 Å². The van der Waals surface area contributed by atoms with E-state index in [4.69, 9.17) is 0 Å². The molecule has 16 heavy (non-hydrogen) atoms. The van der Waals surface area contributed by atoms with Crippen molar-refractivity contribution in [3.63, 3.8) is 0 Å². The Bertz CT molecular complexity index is 496. The van der Waals surface area contributed by atoms with Crippen LogP contribution in [-0.2, 0) is 0 Å². The monoisotopic (exact) mass is 281 g/mol. The lowest BCUT2D eigenvalue weighted by molar-refractivity contribution is 1.11. The predicted molar refractivity (Wildman–Crippen MR) is 67.1 cm³/mol. The minimum Gasteiger partial charge on any atom is -0.306 e. The van der Waals surface area contributed by atoms with Crippen molar-refractivity contribution in [1.82, 2.24) is 15.0 Å². The molecule has 2 rings (SSSR count). The molecule has 0 saturated carbocycles. The molecule has 0 atom stereocenters. The van der Waals surface area contributed by atoms with E-state index in [2.05, 4.69) is 30.9 Å². The van der Waals surface area contributed by atoms with E-state index in [-0.39, 0.29) is 5.56 Å². The number of halogens is 1. The van der Waals surface area contributed by atoms with Crippen LogP contribution in [0.3, 0.4) is 0 Å². The van der Waals surface area contributed by atoms with Gasteiger partial charge in [0.2, 0.25) is 0 Å². The van der Waals surface area contributed by atoms with E-state index in [1.165, 1.54) is 6.20 Å². The molecule has 0 unspecified atom stereocenters. The maximum absolute atomic E-state index is 11.3. The molecule has 0 aromatic carbocycles. The van der Waals surface area contributed by atoms with E-state index in [0.29, 0.717) is 10.3 Å². The second kappa shape index (κ2) is 6.17. The molecule has 2 heterocycles. The summed E-state index contributed by atoms with van der Waals surface area (Å²) < 4.78 is 0.426. The number of pyridine rings is 1. The zero-order chi connectivity index (χ0) is 12.0. The Morgan fingerprint density at radius 3 is 2.44 bits per heavy atom. The number of nitrogens with one attached hydrogen (secondary N) is 1. The van der Waals surface area contributed by atoms with Crippen molar-refractivity contribution >= 4 is 15.9 Å². The summed E-state index contributed by atoms with van der Waals surface area (Å²) in [6, 6.07) is 3.57. The minimum atomic E-state index is -0.188. The number of aromatic amines is 1. The van der Waals surface area contributed by atoms with Gasteiger partial charge in [-0.2, -0.15) is 0 Å². The molecule has 2 aromatic heterocycles. The molecule has 0 saturated heterocycles. The van der Waals surface area contributed by atoms with Gasteiger partial charge in [-0.1, -0.05) is 13.8 Å². The number of hydrogen-bond donors (Lipinski definition) is 1. The van der Waals surface area contributed by atoms with E-state index >= 15 is 0 Å². The Kier molecular flexibility index (Phi) is 4.85. The Hall–Kier alpha value is -1.49. The van der Waals surface area contributed by atoms with Crippen molar-refractivity contribution in [2.24, 2.45) is 0 Å². The first-order valence-corrected chi connectivity index (χ1v) is 5.72. The van der Waals surface area contributed by atoms with E-state index in [1.807, 2.05) is 13.8 Å². The maximum atomic E-state index is 11.3. The van der Waals surface area contributed by atoms with Crippen molar-refractivity contribution in [3.05, 3.63) is 45.5 Å². The summed E-state index contributed by atoms with van der Waals surface area (Å²) in [6.07, 6.45) is 4.78. The number of H-pyrrole nitrogens is 1. The highest BCUT2D eigenvalue weighted by Gasteiger charge is 2.01. The first-order chi connectivity index (χ1) is 7.77. The van der Waals surface area contributed by atoms with Gasteiger partial charge in [-0.25, -0.2) is 4.98 Å². The number of nitrogens with zero attached hydrogens (tertiary/aromatic N) is 2. The number of hydrogen-bond acceptors (Lipinski definition) is 3. The molecule has 4 nitrogen and oxygen atoms in total. The van der Waals surface area contributed by atoms with Crippen molar-refractivity contribution in [2.75, 3.05) is 0 Å². The van der Waals surface area contributed by atoms with Gasteiger partial charge in [0.25, 0.3) is 5.56 Å². The fourth-order valence-electron chi connectivity index (χ4n) is 1.04. The van der Waals surface area contributed by atoms with E-state index in [9.17, 15) is 4.79 Å². The van der Waals surface area contributed by atoms with Gasteiger partial charge < -0.3 is 4.98 Å². The quantitative estimate of drug-likeness (QED) is 0.874. The highest BCUT2D eigenvalue weighted by atomic mass is 79.9. The van der Waals surface area contributed by atoms with Crippen LogP contribution in [0.15, 0.2) is 40.0 Å². The van der Waals surface area contributed by atoms with Crippen LogP contribution in [0.4, 0.5) is 0 Å². The third-order valence-electron chi connectivity index (χ3n) is 1.71. The predicted octanol–water partition coefficient (Wildman–Crippen LogP) is 2.62. The molecule has 0 amide bonds. The van der Waals surface area contributed by atoms with Gasteiger partial charge >= 0.3 is 0 Å². The third kappa shape index (κ3) is 3.00. The van der Waals surface area contributed by atoms with E-state index in [1.54, 1.807) is 24.5 Å². The highest BCUT2D eigenvalue weighted by Crippen LogP contribution is 2.11. The largest absolute Gasteiger partial charge is 0.306 e. The van der Waals surface area contributed by atoms with Crippen molar-refractivity contribution in [2.45, 2.75) is 13.8 Å². The van der Waals surface area contributed by atoms with E-state index in [0.717, 1.165) is 5.56 Å². The van der Waals surface area contributed by atoms with Gasteiger partial charge in [-0.05, 0) is 28.1 Å². The summed E-state index contributed by atoms with van der Waals surface area (Å²) in [4.78, 5) is 21.9. The summed E-state index contributed by atoms with van der Waals surface area (Å²) in [5.74, 6) is 0.542. The van der Waals surface area contributed by atoms with Gasteiger partial charge in [0.05, 0.1) is 0 Å². The van der Waals surface area contributed by atoms with Crippen LogP contribution >= 0.6 is 15.9 Å². The molecule has 0 fully saturated rings. The normalized spacial score (nSPS) is 9.19. The zero-order valence-electron chi connectivity index (χ0n) is 9.07. The second-order valence-electron chi connectivity index (χ2n) is 2.64. The van der Waals surface area contributed by atoms with Crippen LogP contribution in [0.1, 0.15) is 13.8 Å². The fourth-order valence-corrected chi connectivity index (χ4v) is 1.24. The Morgan fingerprint density at radius 2 is 1.88 bits per heavy atom. The smallest absolute Gasteiger partial charge is 0.265 e. The Balaban J connectivity index is 0.000000606. The molecule has 84 valence electrons. The van der Waals surface area contributed by atoms with Gasteiger partial charge in [0.15, 0.2) is 0 Å².